The standard InChI is InChI=1S/C11H14N2O2S/c14-16(15)8-4-11(9-16)13-7-3-10-1-5-12-6-2-10/h1-2,4-6,8,11,13H,3,7,9H2. The van der Waals surface area contributed by atoms with Crippen molar-refractivity contribution in [1.82, 2.24) is 10.3 Å². The van der Waals surface area contributed by atoms with E-state index in [0.717, 1.165) is 13.0 Å². The van der Waals surface area contributed by atoms with Crippen LogP contribution in [-0.4, -0.2) is 31.7 Å². The maximum Gasteiger partial charge on any atom is 0.173 e. The largest absolute Gasteiger partial charge is 0.309 e. The third-order valence-electron chi connectivity index (χ3n) is 2.50. The molecule has 0 bridgehead atoms. The van der Waals surface area contributed by atoms with Crippen LogP contribution >= 0.6 is 0 Å². The van der Waals surface area contributed by atoms with E-state index in [1.807, 2.05) is 12.1 Å². The molecular weight excluding hydrogens is 224 g/mol. The van der Waals surface area contributed by atoms with Gasteiger partial charge in [-0.25, -0.2) is 8.42 Å². The Morgan fingerprint density at radius 3 is 2.75 bits per heavy atom. The van der Waals surface area contributed by atoms with Gasteiger partial charge in [0.1, 0.15) is 0 Å². The smallest absolute Gasteiger partial charge is 0.173 e. The first-order valence-corrected chi connectivity index (χ1v) is 6.90. The summed E-state index contributed by atoms with van der Waals surface area (Å²) in [5, 5.41) is 4.49. The van der Waals surface area contributed by atoms with Crippen molar-refractivity contribution < 1.29 is 8.42 Å². The van der Waals surface area contributed by atoms with E-state index in [-0.39, 0.29) is 11.8 Å². The molecule has 4 nitrogen and oxygen atoms in total. The van der Waals surface area contributed by atoms with E-state index in [4.69, 9.17) is 0 Å². The van der Waals surface area contributed by atoms with Gasteiger partial charge < -0.3 is 5.32 Å². The lowest BCUT2D eigenvalue weighted by Crippen LogP contribution is -2.31. The van der Waals surface area contributed by atoms with Crippen molar-refractivity contribution in [2.75, 3.05) is 12.3 Å². The topological polar surface area (TPSA) is 59.1 Å². The zero-order chi connectivity index (χ0) is 11.4. The predicted octanol–water partition coefficient (Wildman–Crippen LogP) is 0.524. The summed E-state index contributed by atoms with van der Waals surface area (Å²) in [5.74, 6) is 0.184. The van der Waals surface area contributed by atoms with Crippen LogP contribution in [0.4, 0.5) is 0 Å². The van der Waals surface area contributed by atoms with Gasteiger partial charge in [0.05, 0.1) is 5.75 Å². The number of sulfone groups is 1. The molecule has 1 aromatic rings. The van der Waals surface area contributed by atoms with Gasteiger partial charge in [0.15, 0.2) is 9.84 Å². The summed E-state index contributed by atoms with van der Waals surface area (Å²) in [6, 6.07) is 3.89. The minimum absolute atomic E-state index is 0.0353. The Balaban J connectivity index is 1.76. The Morgan fingerprint density at radius 1 is 1.38 bits per heavy atom. The summed E-state index contributed by atoms with van der Waals surface area (Å²) in [7, 11) is -2.94. The fourth-order valence-electron chi connectivity index (χ4n) is 1.65. The average Bonchev–Trinajstić information content (AvgIpc) is 2.60. The average molecular weight is 238 g/mol. The molecule has 0 fully saturated rings. The fraction of sp³-hybridized carbons (Fsp3) is 0.364. The number of hydrogen-bond donors (Lipinski definition) is 1. The van der Waals surface area contributed by atoms with Crippen LogP contribution in [0.2, 0.25) is 0 Å². The van der Waals surface area contributed by atoms with Gasteiger partial charge in [0.2, 0.25) is 0 Å². The second-order valence-electron chi connectivity index (χ2n) is 3.82. The molecule has 16 heavy (non-hydrogen) atoms. The van der Waals surface area contributed by atoms with Crippen LogP contribution in [0.15, 0.2) is 36.0 Å². The lowest BCUT2D eigenvalue weighted by molar-refractivity contribution is 0.591. The summed E-state index contributed by atoms with van der Waals surface area (Å²) in [6.07, 6.45) is 6.11. The number of nitrogens with zero attached hydrogens (tertiary/aromatic N) is 1. The van der Waals surface area contributed by atoms with E-state index in [1.165, 1.54) is 11.0 Å². The lowest BCUT2D eigenvalue weighted by atomic mass is 10.2. The highest BCUT2D eigenvalue weighted by Gasteiger charge is 2.20. The van der Waals surface area contributed by atoms with Gasteiger partial charge in [0.25, 0.3) is 0 Å². The van der Waals surface area contributed by atoms with Crippen molar-refractivity contribution in [3.8, 4) is 0 Å². The van der Waals surface area contributed by atoms with Gasteiger partial charge in [-0.1, -0.05) is 6.08 Å². The highest BCUT2D eigenvalue weighted by Crippen LogP contribution is 2.07. The van der Waals surface area contributed by atoms with E-state index in [0.29, 0.717) is 0 Å². The molecule has 0 aliphatic carbocycles. The van der Waals surface area contributed by atoms with Crippen molar-refractivity contribution in [2.45, 2.75) is 12.5 Å². The maximum absolute atomic E-state index is 11.1. The number of rotatable bonds is 4. The van der Waals surface area contributed by atoms with Crippen molar-refractivity contribution in [2.24, 2.45) is 0 Å². The van der Waals surface area contributed by atoms with Crippen molar-refractivity contribution in [3.05, 3.63) is 41.6 Å². The summed E-state index contributed by atoms with van der Waals surface area (Å²) >= 11 is 0. The molecule has 5 heteroatoms. The zero-order valence-electron chi connectivity index (χ0n) is 8.83. The summed E-state index contributed by atoms with van der Waals surface area (Å²) in [4.78, 5) is 3.94. The highest BCUT2D eigenvalue weighted by molar-refractivity contribution is 7.94. The minimum atomic E-state index is -2.94. The van der Waals surface area contributed by atoms with Gasteiger partial charge >= 0.3 is 0 Å². The highest BCUT2D eigenvalue weighted by atomic mass is 32.2. The summed E-state index contributed by atoms with van der Waals surface area (Å²) in [5.41, 5.74) is 1.20. The van der Waals surface area contributed by atoms with Gasteiger partial charge in [-0.3, -0.25) is 4.98 Å². The number of aromatic nitrogens is 1. The third-order valence-corrected chi connectivity index (χ3v) is 3.90. The second kappa shape index (κ2) is 4.76. The molecule has 1 N–H and O–H groups in total. The van der Waals surface area contributed by atoms with Crippen LogP contribution in [0, 0.1) is 0 Å². The zero-order valence-corrected chi connectivity index (χ0v) is 9.65. The minimum Gasteiger partial charge on any atom is -0.309 e. The first-order chi connectivity index (χ1) is 7.66. The Labute approximate surface area is 95.3 Å². The van der Waals surface area contributed by atoms with E-state index in [2.05, 4.69) is 10.3 Å². The summed E-state index contributed by atoms with van der Waals surface area (Å²) < 4.78 is 22.3. The number of nitrogens with one attached hydrogen (secondary N) is 1. The van der Waals surface area contributed by atoms with Gasteiger partial charge in [-0.15, -0.1) is 0 Å². The molecule has 1 atom stereocenters. The van der Waals surface area contributed by atoms with Crippen LogP contribution in [0.1, 0.15) is 5.56 Å². The molecule has 2 rings (SSSR count). The maximum atomic E-state index is 11.1. The monoisotopic (exact) mass is 238 g/mol. The quantitative estimate of drug-likeness (QED) is 0.831. The SMILES string of the molecule is O=S1(=O)C=CC(NCCc2ccncc2)C1. The molecule has 1 aliphatic heterocycles. The molecule has 1 aliphatic rings. The lowest BCUT2D eigenvalue weighted by Gasteiger charge is -2.09. The van der Waals surface area contributed by atoms with Crippen molar-refractivity contribution in [3.63, 3.8) is 0 Å². The van der Waals surface area contributed by atoms with Crippen LogP contribution in [-0.2, 0) is 16.3 Å². The molecule has 86 valence electrons. The summed E-state index contributed by atoms with van der Waals surface area (Å²) in [6.45, 7) is 0.772. The van der Waals surface area contributed by atoms with Gasteiger partial charge in [-0.2, -0.15) is 0 Å². The molecule has 1 unspecified atom stereocenters. The molecule has 0 amide bonds. The fourth-order valence-corrected chi connectivity index (χ4v) is 2.92. The Bertz CT molecular complexity index is 468. The normalized spacial score (nSPS) is 22.4. The molecular formula is C11H14N2O2S. The van der Waals surface area contributed by atoms with E-state index >= 15 is 0 Å². The van der Waals surface area contributed by atoms with E-state index in [1.54, 1.807) is 18.5 Å². The molecule has 0 aromatic carbocycles. The van der Waals surface area contributed by atoms with Crippen LogP contribution < -0.4 is 5.32 Å². The number of hydrogen-bond acceptors (Lipinski definition) is 4. The molecule has 2 heterocycles. The van der Waals surface area contributed by atoms with Crippen molar-refractivity contribution in [1.29, 1.82) is 0 Å². The number of pyridine rings is 1. The van der Waals surface area contributed by atoms with Crippen LogP contribution in [0.3, 0.4) is 0 Å². The molecule has 1 aromatic heterocycles. The predicted molar refractivity (Wildman–Crippen MR) is 62.7 cm³/mol. The Kier molecular flexibility index (Phi) is 3.36. The Morgan fingerprint density at radius 2 is 2.12 bits per heavy atom. The molecule has 0 saturated carbocycles. The Hall–Kier alpha value is -1.20. The molecule has 0 saturated heterocycles. The molecule has 0 radical (unpaired) electrons. The van der Waals surface area contributed by atoms with Gasteiger partial charge in [0, 0.05) is 23.8 Å². The van der Waals surface area contributed by atoms with Crippen molar-refractivity contribution >= 4 is 9.84 Å². The second-order valence-corrected chi connectivity index (χ2v) is 5.76. The van der Waals surface area contributed by atoms with Crippen LogP contribution in [0.25, 0.3) is 0 Å². The van der Waals surface area contributed by atoms with E-state index in [9.17, 15) is 8.42 Å². The van der Waals surface area contributed by atoms with E-state index < -0.39 is 9.84 Å². The first kappa shape index (κ1) is 11.3. The van der Waals surface area contributed by atoms with Crippen LogP contribution in [0.5, 0.6) is 0 Å². The first-order valence-electron chi connectivity index (χ1n) is 5.19. The van der Waals surface area contributed by atoms with Gasteiger partial charge in [-0.05, 0) is 30.7 Å². The third kappa shape index (κ3) is 3.15. The molecule has 0 spiro atoms.